The molecule has 2 aromatic carbocycles. The monoisotopic (exact) mass is 407 g/mol. The predicted molar refractivity (Wildman–Crippen MR) is 114 cm³/mol. The van der Waals surface area contributed by atoms with Gasteiger partial charge in [0, 0.05) is 17.9 Å². The Bertz CT molecular complexity index is 1090. The highest BCUT2D eigenvalue weighted by atomic mass is 16.5. The SMILES string of the molecule is COc1cc(C2CC(=O)Nc3c2cnn3-c2ccc(C)c(C)c2)cc(OC)c1OC. The number of aromatic nitrogens is 2. The third-order valence-corrected chi connectivity index (χ3v) is 5.64. The molecule has 0 bridgehead atoms. The molecule has 7 heteroatoms. The molecule has 1 amide bonds. The lowest BCUT2D eigenvalue weighted by Gasteiger charge is -2.25. The lowest BCUT2D eigenvalue weighted by Crippen LogP contribution is -2.24. The van der Waals surface area contributed by atoms with E-state index >= 15 is 0 Å². The van der Waals surface area contributed by atoms with Crippen molar-refractivity contribution in [2.45, 2.75) is 26.2 Å². The number of rotatable bonds is 5. The second-order valence-corrected chi connectivity index (χ2v) is 7.39. The summed E-state index contributed by atoms with van der Waals surface area (Å²) in [4.78, 5) is 12.6. The Balaban J connectivity index is 1.83. The van der Waals surface area contributed by atoms with Crippen LogP contribution in [0.2, 0.25) is 0 Å². The molecule has 2 heterocycles. The number of carbonyl (C=O) groups is 1. The molecular formula is C23H25N3O4. The Morgan fingerprint density at radius 1 is 1.00 bits per heavy atom. The molecule has 0 saturated carbocycles. The van der Waals surface area contributed by atoms with E-state index in [0.29, 0.717) is 29.5 Å². The number of aryl methyl sites for hydroxylation is 2. The van der Waals surface area contributed by atoms with Gasteiger partial charge in [0.05, 0.1) is 33.2 Å². The van der Waals surface area contributed by atoms with E-state index in [9.17, 15) is 4.79 Å². The summed E-state index contributed by atoms with van der Waals surface area (Å²) in [7, 11) is 4.73. The van der Waals surface area contributed by atoms with E-state index in [4.69, 9.17) is 14.2 Å². The van der Waals surface area contributed by atoms with Gasteiger partial charge in [-0.3, -0.25) is 4.79 Å². The summed E-state index contributed by atoms with van der Waals surface area (Å²) in [5.41, 5.74) is 5.13. The first-order valence-electron chi connectivity index (χ1n) is 9.72. The molecule has 1 aliphatic heterocycles. The molecule has 1 aliphatic rings. The van der Waals surface area contributed by atoms with Crippen molar-refractivity contribution in [3.63, 3.8) is 0 Å². The number of anilines is 1. The first-order chi connectivity index (χ1) is 14.5. The molecule has 7 nitrogen and oxygen atoms in total. The second-order valence-electron chi connectivity index (χ2n) is 7.39. The number of benzene rings is 2. The van der Waals surface area contributed by atoms with Crippen molar-refractivity contribution in [3.05, 3.63) is 58.8 Å². The first kappa shape index (κ1) is 19.8. The van der Waals surface area contributed by atoms with E-state index in [1.54, 1.807) is 26.0 Å². The van der Waals surface area contributed by atoms with Crippen molar-refractivity contribution in [1.29, 1.82) is 0 Å². The van der Waals surface area contributed by atoms with Crippen LogP contribution in [-0.2, 0) is 4.79 Å². The molecular weight excluding hydrogens is 382 g/mol. The summed E-state index contributed by atoms with van der Waals surface area (Å²) in [6.07, 6.45) is 2.13. The van der Waals surface area contributed by atoms with Crippen molar-refractivity contribution in [3.8, 4) is 22.9 Å². The highest BCUT2D eigenvalue weighted by Gasteiger charge is 2.32. The van der Waals surface area contributed by atoms with Gasteiger partial charge in [0.2, 0.25) is 11.7 Å². The molecule has 3 aromatic rings. The minimum Gasteiger partial charge on any atom is -0.493 e. The fourth-order valence-corrected chi connectivity index (χ4v) is 3.87. The summed E-state index contributed by atoms with van der Waals surface area (Å²) >= 11 is 0. The van der Waals surface area contributed by atoms with Crippen LogP contribution in [0, 0.1) is 13.8 Å². The Hall–Kier alpha value is -3.48. The van der Waals surface area contributed by atoms with E-state index in [-0.39, 0.29) is 11.8 Å². The highest BCUT2D eigenvalue weighted by molar-refractivity contribution is 5.94. The Kier molecular flexibility index (Phi) is 5.11. The quantitative estimate of drug-likeness (QED) is 0.692. The van der Waals surface area contributed by atoms with Crippen LogP contribution < -0.4 is 19.5 Å². The van der Waals surface area contributed by atoms with Crippen molar-refractivity contribution in [1.82, 2.24) is 9.78 Å². The van der Waals surface area contributed by atoms with Gasteiger partial charge in [-0.05, 0) is 54.8 Å². The number of nitrogens with one attached hydrogen (secondary N) is 1. The van der Waals surface area contributed by atoms with Gasteiger partial charge in [-0.25, -0.2) is 4.68 Å². The number of hydrogen-bond donors (Lipinski definition) is 1. The highest BCUT2D eigenvalue weighted by Crippen LogP contribution is 2.44. The van der Waals surface area contributed by atoms with Gasteiger partial charge < -0.3 is 19.5 Å². The Morgan fingerprint density at radius 3 is 2.30 bits per heavy atom. The van der Waals surface area contributed by atoms with E-state index in [1.807, 2.05) is 24.4 Å². The van der Waals surface area contributed by atoms with Crippen molar-refractivity contribution < 1.29 is 19.0 Å². The van der Waals surface area contributed by atoms with Crippen molar-refractivity contribution in [2.24, 2.45) is 0 Å². The van der Waals surface area contributed by atoms with Crippen LogP contribution in [0.5, 0.6) is 17.2 Å². The topological polar surface area (TPSA) is 74.6 Å². The maximum Gasteiger partial charge on any atom is 0.226 e. The molecule has 0 radical (unpaired) electrons. The fourth-order valence-electron chi connectivity index (χ4n) is 3.87. The van der Waals surface area contributed by atoms with Gasteiger partial charge in [-0.15, -0.1) is 0 Å². The van der Waals surface area contributed by atoms with Crippen LogP contribution in [-0.4, -0.2) is 37.0 Å². The minimum absolute atomic E-state index is 0.0631. The minimum atomic E-state index is -0.178. The number of nitrogens with zero attached hydrogens (tertiary/aromatic N) is 2. The van der Waals surface area contributed by atoms with Crippen LogP contribution in [0.25, 0.3) is 5.69 Å². The second kappa shape index (κ2) is 7.74. The van der Waals surface area contributed by atoms with Crippen LogP contribution in [0.4, 0.5) is 5.82 Å². The number of carbonyl (C=O) groups excluding carboxylic acids is 1. The van der Waals surface area contributed by atoms with Crippen molar-refractivity contribution >= 4 is 11.7 Å². The van der Waals surface area contributed by atoms with Crippen molar-refractivity contribution in [2.75, 3.05) is 26.6 Å². The van der Waals surface area contributed by atoms with Gasteiger partial charge in [0.25, 0.3) is 0 Å². The molecule has 0 saturated heterocycles. The van der Waals surface area contributed by atoms with Crippen LogP contribution in [0.1, 0.15) is 34.6 Å². The molecule has 0 fully saturated rings. The normalized spacial score (nSPS) is 15.4. The zero-order valence-electron chi connectivity index (χ0n) is 17.8. The molecule has 1 unspecified atom stereocenters. The number of methoxy groups -OCH3 is 3. The molecule has 156 valence electrons. The number of amides is 1. The van der Waals surface area contributed by atoms with Gasteiger partial charge in [-0.2, -0.15) is 5.10 Å². The predicted octanol–water partition coefficient (Wildman–Crippen LogP) is 3.99. The summed E-state index contributed by atoms with van der Waals surface area (Å²) in [5, 5.41) is 7.58. The van der Waals surface area contributed by atoms with Crippen LogP contribution >= 0.6 is 0 Å². The lowest BCUT2D eigenvalue weighted by molar-refractivity contribution is -0.116. The number of fused-ring (bicyclic) bond motifs is 1. The van der Waals surface area contributed by atoms with Gasteiger partial charge in [-0.1, -0.05) is 6.07 Å². The average Bonchev–Trinajstić information content (AvgIpc) is 3.17. The van der Waals surface area contributed by atoms with Gasteiger partial charge >= 0.3 is 0 Å². The Morgan fingerprint density at radius 2 is 1.70 bits per heavy atom. The van der Waals surface area contributed by atoms with E-state index < -0.39 is 0 Å². The lowest BCUT2D eigenvalue weighted by atomic mass is 9.87. The third kappa shape index (κ3) is 3.26. The smallest absolute Gasteiger partial charge is 0.226 e. The van der Waals surface area contributed by atoms with E-state index in [2.05, 4.69) is 36.4 Å². The standard InChI is InChI=1S/C23H25N3O4/c1-13-6-7-16(8-14(13)2)26-23-18(12-24-26)17(11-21(27)25-23)15-9-19(28-3)22(30-5)20(10-15)29-4/h6-10,12,17H,11H2,1-5H3,(H,25,27). The summed E-state index contributed by atoms with van der Waals surface area (Å²) in [6, 6.07) is 9.91. The zero-order valence-corrected chi connectivity index (χ0v) is 17.8. The largest absolute Gasteiger partial charge is 0.493 e. The van der Waals surface area contributed by atoms with Crippen LogP contribution in [0.3, 0.4) is 0 Å². The molecule has 0 aliphatic carbocycles. The van der Waals surface area contributed by atoms with Gasteiger partial charge in [0.15, 0.2) is 11.5 Å². The maximum atomic E-state index is 12.6. The van der Waals surface area contributed by atoms with E-state index in [1.165, 1.54) is 11.1 Å². The molecule has 1 N–H and O–H groups in total. The third-order valence-electron chi connectivity index (χ3n) is 5.64. The van der Waals surface area contributed by atoms with Gasteiger partial charge in [0.1, 0.15) is 5.82 Å². The average molecular weight is 407 g/mol. The van der Waals surface area contributed by atoms with Crippen LogP contribution in [0.15, 0.2) is 36.5 Å². The Labute approximate surface area is 175 Å². The molecule has 1 atom stereocenters. The maximum absolute atomic E-state index is 12.6. The zero-order chi connectivity index (χ0) is 21.4. The molecule has 1 aromatic heterocycles. The first-order valence-corrected chi connectivity index (χ1v) is 9.72. The molecule has 4 rings (SSSR count). The summed E-state index contributed by atoms with van der Waals surface area (Å²) in [6.45, 7) is 4.13. The number of hydrogen-bond acceptors (Lipinski definition) is 5. The summed E-state index contributed by atoms with van der Waals surface area (Å²) < 4.78 is 18.2. The molecule has 30 heavy (non-hydrogen) atoms. The summed E-state index contributed by atoms with van der Waals surface area (Å²) in [5.74, 6) is 2.08. The molecule has 0 spiro atoms. The fraction of sp³-hybridized carbons (Fsp3) is 0.304. The number of ether oxygens (including phenoxy) is 3. The van der Waals surface area contributed by atoms with E-state index in [0.717, 1.165) is 16.8 Å².